The maximum atomic E-state index is 14.0. The molecule has 0 spiro atoms. The van der Waals surface area contributed by atoms with Crippen LogP contribution in [0.2, 0.25) is 0 Å². The number of rotatable bonds is 9. The number of benzene rings is 3. The lowest BCUT2D eigenvalue weighted by Gasteiger charge is -2.30. The molecule has 4 heterocycles. The van der Waals surface area contributed by atoms with Crippen LogP contribution in [0.1, 0.15) is 99.7 Å². The summed E-state index contributed by atoms with van der Waals surface area (Å²) in [6, 6.07) is 23.1. The van der Waals surface area contributed by atoms with Gasteiger partial charge in [-0.2, -0.15) is 0 Å². The van der Waals surface area contributed by atoms with Gasteiger partial charge in [-0.3, -0.25) is 9.59 Å². The van der Waals surface area contributed by atoms with E-state index in [1.165, 1.54) is 7.11 Å². The molecule has 3 amide bonds. The quantitative estimate of drug-likeness (QED) is 0.134. The molecular weight excluding hydrogens is 691 g/mol. The van der Waals surface area contributed by atoms with Gasteiger partial charge in [-0.1, -0.05) is 82.0 Å². The molecular formula is C44H49N7O4. The molecule has 7 rings (SSSR count). The zero-order valence-corrected chi connectivity index (χ0v) is 32.1. The summed E-state index contributed by atoms with van der Waals surface area (Å²) < 4.78 is 4.75. The Bertz CT molecular complexity index is 2210. The summed E-state index contributed by atoms with van der Waals surface area (Å²) >= 11 is 0. The highest BCUT2D eigenvalue weighted by atomic mass is 16.5. The molecule has 0 saturated carbocycles. The first-order valence-electron chi connectivity index (χ1n) is 19.3. The molecule has 3 N–H and O–H groups in total. The number of amides is 3. The van der Waals surface area contributed by atoms with Crippen LogP contribution in [-0.4, -0.2) is 73.9 Å². The van der Waals surface area contributed by atoms with Gasteiger partial charge < -0.3 is 29.8 Å². The Morgan fingerprint density at radius 2 is 1.45 bits per heavy atom. The third-order valence-electron chi connectivity index (χ3n) is 10.8. The predicted molar refractivity (Wildman–Crippen MR) is 212 cm³/mol. The van der Waals surface area contributed by atoms with Crippen LogP contribution in [0.4, 0.5) is 4.79 Å². The monoisotopic (exact) mass is 739 g/mol. The smallest absolute Gasteiger partial charge is 0.407 e. The number of H-pyrrole nitrogens is 2. The zero-order valence-electron chi connectivity index (χ0n) is 32.1. The lowest BCUT2D eigenvalue weighted by Crippen LogP contribution is -2.51. The first kappa shape index (κ1) is 37.4. The SMILES string of the molecule is COC(=O)N[C@H](C(=O)N1CCC[C@H]1c1nc(-c2ccc(C#Cc3ccc4[nH]c([C@@H]5CCCN5C(=O)[C@@H](c5ccccc5)C(C)C)nc4c3)cc2)c[nH]1)C(C)C. The highest BCUT2D eigenvalue weighted by molar-refractivity contribution is 5.87. The molecule has 2 saturated heterocycles. The fraction of sp³-hybridized carbons (Fsp3) is 0.386. The van der Waals surface area contributed by atoms with E-state index in [1.807, 2.05) is 90.5 Å². The van der Waals surface area contributed by atoms with Crippen molar-refractivity contribution in [3.05, 3.63) is 107 Å². The Morgan fingerprint density at radius 3 is 2.13 bits per heavy atom. The van der Waals surface area contributed by atoms with Crippen LogP contribution in [0.25, 0.3) is 22.3 Å². The number of hydrogen-bond donors (Lipinski definition) is 3. The largest absolute Gasteiger partial charge is 0.453 e. The molecule has 11 heteroatoms. The minimum absolute atomic E-state index is 0.0873. The lowest BCUT2D eigenvalue weighted by molar-refractivity contribution is -0.136. The average Bonchev–Trinajstić information content (AvgIpc) is 4.02. The second-order valence-corrected chi connectivity index (χ2v) is 15.2. The number of fused-ring (bicyclic) bond motifs is 1. The van der Waals surface area contributed by atoms with E-state index in [2.05, 4.69) is 53.1 Å². The Labute approximate surface area is 322 Å². The van der Waals surface area contributed by atoms with Crippen LogP contribution in [0.5, 0.6) is 0 Å². The summed E-state index contributed by atoms with van der Waals surface area (Å²) in [4.78, 5) is 59.9. The molecule has 55 heavy (non-hydrogen) atoms. The second-order valence-electron chi connectivity index (χ2n) is 15.2. The molecule has 4 atom stereocenters. The molecule has 3 aromatic carbocycles. The van der Waals surface area contributed by atoms with Gasteiger partial charge >= 0.3 is 6.09 Å². The van der Waals surface area contributed by atoms with Crippen molar-refractivity contribution in [2.75, 3.05) is 20.2 Å². The van der Waals surface area contributed by atoms with E-state index in [9.17, 15) is 14.4 Å². The molecule has 0 aliphatic carbocycles. The standard InChI is InChI=1S/C44H49N7O4/c1-27(2)38(32-11-7-6-8-12-32)42(52)50-23-10-14-37(50)41-46-33-22-19-30(25-34(33)47-41)16-15-29-17-20-31(21-18-29)35-26-45-40(48-35)36-13-9-24-51(36)43(53)39(28(3)4)49-44(54)55-5/h6-8,11-12,17-22,25-28,36-39H,9-10,13-14,23-24H2,1-5H3,(H,45,48)(H,46,47)(H,49,54)/t36-,37-,38+,39-/m0/s1. The fourth-order valence-corrected chi connectivity index (χ4v) is 7.94. The van der Waals surface area contributed by atoms with Gasteiger partial charge in [-0.05, 0) is 73.4 Å². The number of carbonyl (C=O) groups is 3. The fourth-order valence-electron chi connectivity index (χ4n) is 7.94. The Morgan fingerprint density at radius 1 is 0.800 bits per heavy atom. The van der Waals surface area contributed by atoms with Crippen molar-refractivity contribution in [3.8, 4) is 23.1 Å². The van der Waals surface area contributed by atoms with E-state index >= 15 is 0 Å². The third-order valence-corrected chi connectivity index (χ3v) is 10.8. The van der Waals surface area contributed by atoms with E-state index < -0.39 is 12.1 Å². The van der Waals surface area contributed by atoms with E-state index in [0.29, 0.717) is 6.54 Å². The van der Waals surface area contributed by atoms with Crippen LogP contribution >= 0.6 is 0 Å². The predicted octanol–water partition coefficient (Wildman–Crippen LogP) is 7.50. The Kier molecular flexibility index (Phi) is 11.0. The van der Waals surface area contributed by atoms with E-state index in [-0.39, 0.29) is 41.7 Å². The number of carbonyl (C=O) groups excluding carboxylic acids is 3. The van der Waals surface area contributed by atoms with Gasteiger partial charge in [0.1, 0.15) is 17.7 Å². The summed E-state index contributed by atoms with van der Waals surface area (Å²) in [7, 11) is 1.29. The summed E-state index contributed by atoms with van der Waals surface area (Å²) in [5, 5.41) is 2.70. The second kappa shape index (κ2) is 16.2. The number of alkyl carbamates (subject to hydrolysis) is 1. The van der Waals surface area contributed by atoms with E-state index in [1.54, 1.807) is 0 Å². The van der Waals surface area contributed by atoms with Crippen molar-refractivity contribution in [1.82, 2.24) is 35.1 Å². The average molecular weight is 740 g/mol. The summed E-state index contributed by atoms with van der Waals surface area (Å²) in [6.45, 7) is 9.36. The van der Waals surface area contributed by atoms with Crippen molar-refractivity contribution in [1.29, 1.82) is 0 Å². The molecule has 2 aliphatic heterocycles. The number of ether oxygens (including phenoxy) is 1. The van der Waals surface area contributed by atoms with Crippen LogP contribution in [-0.2, 0) is 14.3 Å². The first-order valence-corrected chi connectivity index (χ1v) is 19.3. The number of likely N-dealkylation sites (tertiary alicyclic amines) is 2. The van der Waals surface area contributed by atoms with E-state index in [0.717, 1.165) is 82.9 Å². The van der Waals surface area contributed by atoms with Gasteiger partial charge in [-0.25, -0.2) is 14.8 Å². The third kappa shape index (κ3) is 8.00. The van der Waals surface area contributed by atoms with Crippen LogP contribution in [0, 0.1) is 23.7 Å². The zero-order chi connectivity index (χ0) is 38.6. The summed E-state index contributed by atoms with van der Waals surface area (Å²) in [5.74, 6) is 8.02. The van der Waals surface area contributed by atoms with Crippen molar-refractivity contribution >= 4 is 28.9 Å². The molecule has 5 aromatic rings. The summed E-state index contributed by atoms with van der Waals surface area (Å²) in [6.07, 6.45) is 4.70. The number of aromatic amines is 2. The molecule has 2 fully saturated rings. The number of aromatic nitrogens is 4. The van der Waals surface area contributed by atoms with E-state index in [4.69, 9.17) is 14.7 Å². The number of imidazole rings is 2. The van der Waals surface area contributed by atoms with Crippen molar-refractivity contribution in [2.24, 2.45) is 11.8 Å². The van der Waals surface area contributed by atoms with Gasteiger partial charge in [0.25, 0.3) is 0 Å². The molecule has 284 valence electrons. The topological polar surface area (TPSA) is 136 Å². The molecule has 0 radical (unpaired) electrons. The first-order chi connectivity index (χ1) is 26.6. The van der Waals surface area contributed by atoms with Gasteiger partial charge in [0, 0.05) is 36.0 Å². The molecule has 2 aliphatic rings. The lowest BCUT2D eigenvalue weighted by atomic mass is 9.87. The molecule has 2 aromatic heterocycles. The molecule has 0 bridgehead atoms. The maximum absolute atomic E-state index is 14.0. The Balaban J connectivity index is 1.02. The van der Waals surface area contributed by atoms with Gasteiger partial charge in [-0.15, -0.1) is 0 Å². The van der Waals surface area contributed by atoms with Crippen molar-refractivity contribution < 1.29 is 19.1 Å². The van der Waals surface area contributed by atoms with Crippen LogP contribution in [0.3, 0.4) is 0 Å². The van der Waals surface area contributed by atoms with Crippen molar-refractivity contribution in [2.45, 2.75) is 77.4 Å². The highest BCUT2D eigenvalue weighted by Gasteiger charge is 2.39. The maximum Gasteiger partial charge on any atom is 0.407 e. The minimum Gasteiger partial charge on any atom is -0.453 e. The number of nitrogens with one attached hydrogen (secondary N) is 3. The van der Waals surface area contributed by atoms with Crippen molar-refractivity contribution in [3.63, 3.8) is 0 Å². The normalized spacial score (nSPS) is 18.0. The number of hydrogen-bond acceptors (Lipinski definition) is 6. The number of methoxy groups -OCH3 is 1. The Hall–Kier alpha value is -5.89. The van der Waals surface area contributed by atoms with Gasteiger partial charge in [0.05, 0.1) is 41.8 Å². The molecule has 0 unspecified atom stereocenters. The number of nitrogens with zero attached hydrogens (tertiary/aromatic N) is 4. The van der Waals surface area contributed by atoms with Gasteiger partial charge in [0.15, 0.2) is 0 Å². The van der Waals surface area contributed by atoms with Crippen LogP contribution in [0.15, 0.2) is 79.0 Å². The highest BCUT2D eigenvalue weighted by Crippen LogP contribution is 2.37. The minimum atomic E-state index is -0.683. The molecule has 11 nitrogen and oxygen atoms in total. The van der Waals surface area contributed by atoms with Crippen LogP contribution < -0.4 is 5.32 Å². The summed E-state index contributed by atoms with van der Waals surface area (Å²) in [5.41, 5.74) is 6.25. The van der Waals surface area contributed by atoms with Gasteiger partial charge in [0.2, 0.25) is 11.8 Å².